The van der Waals surface area contributed by atoms with Crippen molar-refractivity contribution in [2.45, 2.75) is 13.8 Å². The summed E-state index contributed by atoms with van der Waals surface area (Å²) in [5, 5.41) is 0.683. The second kappa shape index (κ2) is 9.43. The van der Waals surface area contributed by atoms with E-state index in [2.05, 4.69) is 18.8 Å². The predicted octanol–water partition coefficient (Wildman–Crippen LogP) is 3.81. The lowest BCUT2D eigenvalue weighted by Gasteiger charge is -2.17. The van der Waals surface area contributed by atoms with Gasteiger partial charge < -0.3 is 10.5 Å². The zero-order valence-corrected chi connectivity index (χ0v) is 17.2. The molecule has 0 aliphatic carbocycles. The summed E-state index contributed by atoms with van der Waals surface area (Å²) in [5.74, 6) is 0.290. The minimum absolute atomic E-state index is 0.0487. The van der Waals surface area contributed by atoms with Gasteiger partial charge in [-0.2, -0.15) is 0 Å². The number of amidine groups is 1. The lowest BCUT2D eigenvalue weighted by Crippen LogP contribution is -2.32. The number of hydrogen-bond acceptors (Lipinski definition) is 5. The smallest absolute Gasteiger partial charge is 0.266 e. The second-order valence-corrected chi connectivity index (χ2v) is 7.98. The van der Waals surface area contributed by atoms with Gasteiger partial charge in [0, 0.05) is 6.54 Å². The Morgan fingerprint density at radius 3 is 2.48 bits per heavy atom. The average molecular weight is 410 g/mol. The number of thioether (sulfide) groups is 1. The van der Waals surface area contributed by atoms with Crippen LogP contribution in [0.5, 0.6) is 5.75 Å². The van der Waals surface area contributed by atoms with Crippen LogP contribution in [0.15, 0.2) is 64.5 Å². The van der Waals surface area contributed by atoms with Crippen LogP contribution in [0.1, 0.15) is 19.4 Å². The summed E-state index contributed by atoms with van der Waals surface area (Å²) < 4.78 is 5.26. The molecule has 1 fully saturated rings. The molecule has 150 valence electrons. The van der Waals surface area contributed by atoms with Gasteiger partial charge in [-0.05, 0) is 53.6 Å². The molecule has 1 saturated heterocycles. The number of aliphatic imine (C=N–C) groups is 1. The standard InChI is InChI=1S/C22H23N3O3S/c1-15(2)13-25-21(27)19(29-22(25)24-17-6-4-3-5-7-17)12-16-8-10-18(11-9-16)28-14-20(23)26/h3-12,15H,13-14H2,1-2H3,(H2,23,26)/b19-12+,24-22?. The number of hydrogen-bond donors (Lipinski definition) is 1. The van der Waals surface area contributed by atoms with E-state index in [-0.39, 0.29) is 12.5 Å². The Balaban J connectivity index is 1.82. The van der Waals surface area contributed by atoms with Crippen LogP contribution in [0, 0.1) is 5.92 Å². The highest BCUT2D eigenvalue weighted by Gasteiger charge is 2.33. The Kier molecular flexibility index (Phi) is 6.72. The monoisotopic (exact) mass is 409 g/mol. The number of para-hydroxylation sites is 1. The fraction of sp³-hybridized carbons (Fsp3) is 0.227. The first-order chi connectivity index (χ1) is 13.9. The first-order valence-electron chi connectivity index (χ1n) is 9.28. The molecule has 1 aliphatic heterocycles. The summed E-state index contributed by atoms with van der Waals surface area (Å²) in [6, 6.07) is 16.8. The Morgan fingerprint density at radius 2 is 1.86 bits per heavy atom. The van der Waals surface area contributed by atoms with Crippen molar-refractivity contribution in [2.75, 3.05) is 13.2 Å². The van der Waals surface area contributed by atoms with Gasteiger partial charge in [0.2, 0.25) is 0 Å². The Bertz CT molecular complexity index is 938. The maximum Gasteiger partial charge on any atom is 0.266 e. The number of carbonyl (C=O) groups excluding carboxylic acids is 2. The van der Waals surface area contributed by atoms with E-state index in [4.69, 9.17) is 10.5 Å². The molecular formula is C22H23N3O3S. The van der Waals surface area contributed by atoms with E-state index < -0.39 is 5.91 Å². The van der Waals surface area contributed by atoms with Crippen molar-refractivity contribution in [3.8, 4) is 5.75 Å². The van der Waals surface area contributed by atoms with Gasteiger partial charge in [0.25, 0.3) is 11.8 Å². The predicted molar refractivity (Wildman–Crippen MR) is 117 cm³/mol. The lowest BCUT2D eigenvalue weighted by molar-refractivity contribution is -0.122. The number of ether oxygens (including phenoxy) is 1. The maximum absolute atomic E-state index is 13.0. The van der Waals surface area contributed by atoms with Crippen molar-refractivity contribution in [2.24, 2.45) is 16.6 Å². The summed E-state index contributed by atoms with van der Waals surface area (Å²) >= 11 is 1.37. The Labute approximate surface area is 174 Å². The average Bonchev–Trinajstić information content (AvgIpc) is 2.96. The fourth-order valence-electron chi connectivity index (χ4n) is 2.70. The molecule has 3 rings (SSSR count). The number of nitrogens with zero attached hydrogens (tertiary/aromatic N) is 2. The van der Waals surface area contributed by atoms with Gasteiger partial charge in [-0.3, -0.25) is 14.5 Å². The van der Waals surface area contributed by atoms with Crippen LogP contribution in [0.25, 0.3) is 6.08 Å². The van der Waals surface area contributed by atoms with Gasteiger partial charge in [-0.25, -0.2) is 4.99 Å². The highest BCUT2D eigenvalue weighted by atomic mass is 32.2. The lowest BCUT2D eigenvalue weighted by atomic mass is 10.2. The molecule has 0 atom stereocenters. The highest BCUT2D eigenvalue weighted by molar-refractivity contribution is 8.18. The molecule has 2 aromatic rings. The topological polar surface area (TPSA) is 85.0 Å². The van der Waals surface area contributed by atoms with E-state index >= 15 is 0 Å². The Hall–Kier alpha value is -3.06. The summed E-state index contributed by atoms with van der Waals surface area (Å²) in [6.45, 7) is 4.59. The SMILES string of the molecule is CC(C)CN1C(=O)/C(=C\c2ccc(OCC(N)=O)cc2)SC1=Nc1ccccc1. The molecule has 0 saturated carbocycles. The van der Waals surface area contributed by atoms with E-state index in [0.29, 0.717) is 28.3 Å². The van der Waals surface area contributed by atoms with E-state index in [0.717, 1.165) is 11.3 Å². The van der Waals surface area contributed by atoms with Gasteiger partial charge >= 0.3 is 0 Å². The third-order valence-corrected chi connectivity index (χ3v) is 4.98. The van der Waals surface area contributed by atoms with Crippen molar-refractivity contribution < 1.29 is 14.3 Å². The van der Waals surface area contributed by atoms with Gasteiger partial charge in [0.15, 0.2) is 11.8 Å². The molecule has 6 nitrogen and oxygen atoms in total. The molecule has 29 heavy (non-hydrogen) atoms. The van der Waals surface area contributed by atoms with Crippen molar-refractivity contribution >= 4 is 40.5 Å². The number of primary amides is 1. The molecule has 2 N–H and O–H groups in total. The van der Waals surface area contributed by atoms with E-state index in [1.54, 1.807) is 17.0 Å². The molecule has 2 amide bonds. The third kappa shape index (κ3) is 5.71. The second-order valence-electron chi connectivity index (χ2n) is 6.97. The summed E-state index contributed by atoms with van der Waals surface area (Å²) in [5.41, 5.74) is 6.75. The van der Waals surface area contributed by atoms with Crippen LogP contribution in [-0.4, -0.2) is 35.0 Å². The quantitative estimate of drug-likeness (QED) is 0.705. The molecule has 0 aromatic heterocycles. The first-order valence-corrected chi connectivity index (χ1v) is 10.1. The first kappa shape index (κ1) is 20.7. The number of nitrogens with two attached hydrogens (primary N) is 1. The molecule has 1 heterocycles. The number of amides is 2. The van der Waals surface area contributed by atoms with Crippen LogP contribution in [0.4, 0.5) is 5.69 Å². The van der Waals surface area contributed by atoms with Gasteiger partial charge in [-0.15, -0.1) is 0 Å². The molecule has 0 spiro atoms. The Morgan fingerprint density at radius 1 is 1.17 bits per heavy atom. The van der Waals surface area contributed by atoms with Crippen molar-refractivity contribution in [3.63, 3.8) is 0 Å². The van der Waals surface area contributed by atoms with Crippen molar-refractivity contribution in [1.82, 2.24) is 4.90 Å². The zero-order chi connectivity index (χ0) is 20.8. The van der Waals surface area contributed by atoms with Gasteiger partial charge in [0.1, 0.15) is 5.75 Å². The number of rotatable bonds is 7. The maximum atomic E-state index is 13.0. The van der Waals surface area contributed by atoms with E-state index in [9.17, 15) is 9.59 Å². The van der Waals surface area contributed by atoms with E-state index in [1.807, 2.05) is 48.5 Å². The molecule has 0 unspecified atom stereocenters. The van der Waals surface area contributed by atoms with Crippen LogP contribution in [0.3, 0.4) is 0 Å². The van der Waals surface area contributed by atoms with Crippen LogP contribution in [-0.2, 0) is 9.59 Å². The normalized spacial score (nSPS) is 16.8. The number of benzene rings is 2. The summed E-state index contributed by atoms with van der Waals surface area (Å²) in [6.07, 6.45) is 1.84. The molecule has 2 aromatic carbocycles. The molecule has 0 bridgehead atoms. The third-order valence-electron chi connectivity index (χ3n) is 3.98. The minimum Gasteiger partial charge on any atom is -0.484 e. The largest absolute Gasteiger partial charge is 0.484 e. The van der Waals surface area contributed by atoms with Gasteiger partial charge in [-0.1, -0.05) is 44.2 Å². The highest BCUT2D eigenvalue weighted by Crippen LogP contribution is 2.34. The summed E-state index contributed by atoms with van der Waals surface area (Å²) in [4.78, 5) is 30.8. The van der Waals surface area contributed by atoms with Crippen LogP contribution < -0.4 is 10.5 Å². The zero-order valence-electron chi connectivity index (χ0n) is 16.4. The molecule has 7 heteroatoms. The molecule has 0 radical (unpaired) electrons. The van der Waals surface area contributed by atoms with Crippen LogP contribution in [0.2, 0.25) is 0 Å². The van der Waals surface area contributed by atoms with Crippen LogP contribution >= 0.6 is 11.8 Å². The van der Waals surface area contributed by atoms with Gasteiger partial charge in [0.05, 0.1) is 10.6 Å². The van der Waals surface area contributed by atoms with Crippen molar-refractivity contribution in [1.29, 1.82) is 0 Å². The minimum atomic E-state index is -0.528. The van der Waals surface area contributed by atoms with Crippen molar-refractivity contribution in [3.05, 3.63) is 65.1 Å². The van der Waals surface area contributed by atoms with E-state index in [1.165, 1.54) is 11.8 Å². The summed E-state index contributed by atoms with van der Waals surface area (Å²) in [7, 11) is 0. The molecular weight excluding hydrogens is 386 g/mol. The fourth-order valence-corrected chi connectivity index (χ4v) is 3.70. The molecule has 1 aliphatic rings. The number of carbonyl (C=O) groups is 2.